The van der Waals surface area contributed by atoms with Crippen molar-refractivity contribution in [2.24, 2.45) is 0 Å². The van der Waals surface area contributed by atoms with Gasteiger partial charge in [-0.25, -0.2) is 58.1 Å². The summed E-state index contributed by atoms with van der Waals surface area (Å²) in [5, 5.41) is 49.1. The molecule has 0 spiro atoms. The van der Waals surface area contributed by atoms with E-state index in [1.54, 1.807) is 84.2 Å². The second-order valence-electron chi connectivity index (χ2n) is 35.0. The van der Waals surface area contributed by atoms with Gasteiger partial charge in [0.1, 0.15) is 34.4 Å². The second-order valence-corrected chi connectivity index (χ2v) is 40.8. The molecule has 9 N–H and O–H groups in total. The number of fused-ring (bicyclic) bond motifs is 3. The number of nitrogens with zero attached hydrogens (tertiary/aromatic N) is 13. The van der Waals surface area contributed by atoms with E-state index in [9.17, 15) is 73.2 Å². The number of ketones is 2. The van der Waals surface area contributed by atoms with Crippen LogP contribution in [0.15, 0.2) is 91.8 Å². The van der Waals surface area contributed by atoms with Gasteiger partial charge in [0.15, 0.2) is 78.5 Å². The molecule has 0 saturated carbocycles. The molecule has 3 fully saturated rings. The third-order valence-electron chi connectivity index (χ3n) is 22.0. The summed E-state index contributed by atoms with van der Waals surface area (Å²) in [6.07, 6.45) is -6.54. The summed E-state index contributed by atoms with van der Waals surface area (Å²) >= 11 is 18.3. The van der Waals surface area contributed by atoms with Crippen LogP contribution in [-0.4, -0.2) is 270 Å². The van der Waals surface area contributed by atoms with Crippen LogP contribution in [0.5, 0.6) is 0 Å². The quantitative estimate of drug-likeness (QED) is 0.00677. The Balaban J connectivity index is 0.000000219. The van der Waals surface area contributed by atoms with E-state index in [0.29, 0.717) is 27.1 Å². The van der Waals surface area contributed by atoms with Gasteiger partial charge in [-0.1, -0.05) is 57.2 Å². The SMILES string of the molecule is CCOC(=O)C(Cc1ccc(C(=O)OC)cc1)(OC[C@@H]1C[C@@H](O)[C@H](n2cnc3c(N)nc(Cl)nc32)O1)C(C)=O.CCOC(=O)C(Cc1ccc(C(=O)OC)cc1)(OC[C@@H]1C[C@@H](O[Si](C)(C)C(C)(C)C)[C@H](n2cnc3c(N(C(=O)OC(C)(C)C)C(=O)OC(C)(C)C)nc(Cl)nc32)O1)C(C)=O.Nc1nc(Cl)nc2c1ncn2[C@@H]1O[C@H](COC(Cc2ccc(C(=O)O)cc2)(C(=O)O)C(=O)O)C[C@H]1O. The molecule has 728 valence electrons. The number of halogens is 3. The number of hydrogen-bond donors (Lipinski definition) is 7. The zero-order valence-corrected chi connectivity index (χ0v) is 80.0. The van der Waals surface area contributed by atoms with Crippen LogP contribution in [0.3, 0.4) is 0 Å². The molecule has 6 aromatic heterocycles. The second kappa shape index (κ2) is 42.9. The molecule has 3 aliphatic heterocycles. The van der Waals surface area contributed by atoms with Gasteiger partial charge < -0.3 is 98.3 Å². The maximum atomic E-state index is 13.7. The smallest absolute Gasteiger partial charge is 0.425 e. The van der Waals surface area contributed by atoms with Gasteiger partial charge >= 0.3 is 54.0 Å². The molecule has 0 radical (unpaired) electrons. The van der Waals surface area contributed by atoms with Crippen LogP contribution < -0.4 is 16.4 Å². The summed E-state index contributed by atoms with van der Waals surface area (Å²) in [5.74, 6) is -8.83. The number of imide groups is 1. The first kappa shape index (κ1) is 105. The van der Waals surface area contributed by atoms with Crippen LogP contribution in [0.4, 0.5) is 27.0 Å². The predicted molar refractivity (Wildman–Crippen MR) is 480 cm³/mol. The van der Waals surface area contributed by atoms with Crippen LogP contribution in [-0.2, 0) is 109 Å². The number of ether oxygens (including phenoxy) is 12. The molecule has 0 aliphatic carbocycles. The largest absolute Gasteiger partial charge is 0.479 e. The molecule has 3 saturated heterocycles. The number of benzene rings is 3. The van der Waals surface area contributed by atoms with Crippen molar-refractivity contribution in [1.29, 1.82) is 0 Å². The molecule has 0 bridgehead atoms. The Bertz CT molecular complexity index is 5850. The zero-order valence-electron chi connectivity index (χ0n) is 76.8. The van der Waals surface area contributed by atoms with Gasteiger partial charge in [0.25, 0.3) is 5.60 Å². The molecule has 48 heteroatoms. The first-order valence-corrected chi connectivity index (χ1v) is 46.2. The van der Waals surface area contributed by atoms with Crippen LogP contribution >= 0.6 is 34.8 Å². The summed E-state index contributed by atoms with van der Waals surface area (Å²) in [4.78, 5) is 177. The number of carboxylic acids is 3. The molecule has 135 heavy (non-hydrogen) atoms. The summed E-state index contributed by atoms with van der Waals surface area (Å²) < 4.78 is 78.9. The van der Waals surface area contributed by atoms with Crippen LogP contribution in [0.1, 0.15) is 176 Å². The Morgan fingerprint density at radius 2 is 0.815 bits per heavy atom. The molecule has 2 amide bonds. The van der Waals surface area contributed by atoms with Crippen molar-refractivity contribution in [3.8, 4) is 0 Å². The summed E-state index contributed by atoms with van der Waals surface area (Å²) in [6, 6.07) is 17.6. The monoisotopic (exact) mass is 1960 g/mol. The molecule has 2 unspecified atom stereocenters. The van der Waals surface area contributed by atoms with E-state index in [2.05, 4.69) is 78.7 Å². The number of aliphatic carboxylic acids is 2. The molecule has 44 nitrogen and oxygen atoms in total. The number of carboxylic acid groups (broad SMARTS) is 3. The van der Waals surface area contributed by atoms with Crippen molar-refractivity contribution >= 4 is 160 Å². The predicted octanol–water partition coefficient (Wildman–Crippen LogP) is 9.99. The molecule has 11 atom stereocenters. The number of nitrogens with two attached hydrogens (primary N) is 2. The van der Waals surface area contributed by atoms with Gasteiger partial charge in [-0.15, -0.1) is 0 Å². The van der Waals surface area contributed by atoms with Gasteiger partial charge in [0.2, 0.25) is 27.1 Å². The van der Waals surface area contributed by atoms with E-state index in [0.717, 1.165) is 0 Å². The number of amides is 2. The highest BCUT2D eigenvalue weighted by Gasteiger charge is 2.54. The molecular weight excluding hydrogens is 1850 g/mol. The van der Waals surface area contributed by atoms with Gasteiger partial charge in [0.05, 0.1) is 107 Å². The van der Waals surface area contributed by atoms with E-state index in [-0.39, 0.29) is 142 Å². The lowest BCUT2D eigenvalue weighted by atomic mass is 9.90. The normalized spacial score (nSPS) is 19.4. The molecule has 12 rings (SSSR count). The first-order chi connectivity index (χ1) is 63.2. The topological polar surface area (TPSA) is 595 Å². The number of anilines is 3. The summed E-state index contributed by atoms with van der Waals surface area (Å²) in [6.45, 7) is 25.1. The minimum atomic E-state index is -2.69. The van der Waals surface area contributed by atoms with Gasteiger partial charge in [-0.3, -0.25) is 23.3 Å². The number of nitrogen functional groups attached to an aromatic ring is 2. The lowest BCUT2D eigenvalue weighted by Gasteiger charge is -2.39. The molecular formula is C87H106Cl3N15O29Si. The third-order valence-corrected chi connectivity index (χ3v) is 27.0. The van der Waals surface area contributed by atoms with E-state index in [1.165, 1.54) is 105 Å². The number of aromatic carboxylic acids is 1. The summed E-state index contributed by atoms with van der Waals surface area (Å²) in [7, 11) is 0.0244. The maximum Gasteiger partial charge on any atom is 0.425 e. The zero-order chi connectivity index (χ0) is 99.7. The first-order valence-electron chi connectivity index (χ1n) is 42.1. The number of imidazole rings is 3. The lowest BCUT2D eigenvalue weighted by molar-refractivity contribution is -0.188. The fourth-order valence-corrected chi connectivity index (χ4v) is 16.1. The highest BCUT2D eigenvalue weighted by atomic mass is 35.5. The van der Waals surface area contributed by atoms with Crippen molar-refractivity contribution in [1.82, 2.24) is 58.6 Å². The van der Waals surface area contributed by atoms with Crippen molar-refractivity contribution in [3.05, 3.63) is 141 Å². The van der Waals surface area contributed by atoms with Gasteiger partial charge in [-0.05, 0) is 175 Å². The van der Waals surface area contributed by atoms with Crippen molar-refractivity contribution in [2.75, 3.05) is 63.6 Å². The highest BCUT2D eigenvalue weighted by Crippen LogP contribution is 2.45. The van der Waals surface area contributed by atoms with E-state index >= 15 is 0 Å². The number of carbonyl (C=O) groups is 11. The molecule has 3 aromatic carbocycles. The number of carbonyl (C=O) groups excluding carboxylic acids is 8. The molecule has 3 aliphatic rings. The fourth-order valence-electron chi connectivity index (χ4n) is 14.3. The third kappa shape index (κ3) is 24.5. The Morgan fingerprint density at radius 1 is 0.481 bits per heavy atom. The average molecular weight is 1960 g/mol. The lowest BCUT2D eigenvalue weighted by Crippen LogP contribution is -2.52. The van der Waals surface area contributed by atoms with Crippen molar-refractivity contribution in [3.63, 3.8) is 0 Å². The van der Waals surface area contributed by atoms with Gasteiger partial charge in [0, 0.05) is 38.5 Å². The average Bonchev–Trinajstić information content (AvgIpc) is 1.62. The van der Waals surface area contributed by atoms with E-state index in [1.807, 2.05) is 0 Å². The fraction of sp³-hybridized carbons (Fsp3) is 0.494. The Kier molecular flexibility index (Phi) is 33.4. The van der Waals surface area contributed by atoms with Crippen LogP contribution in [0, 0.1) is 0 Å². The number of aliphatic hydroxyl groups is 2. The standard InChI is InChI=1S/C41H58ClN5O12Si.C25H28ClN5O8.C21H20ClN5O9/c1-15-54-34(50)41(24(2)48,21-25-16-18-26(19-17-25)33(49)53-12)55-22-27-20-28(59-60(13,14)40(9,10)11)32(56-27)46-23-43-29-30(46)44-35(42)45-31(29)47(36(51)57-38(3,4)5)37(52)58-39(6,7)8;1-4-37-23(35)25(13(2)32,10-14-5-7-15(8-6-14)22(34)36-3)38-11-16-9-17(33)21(39-16)31-12-28-18-19(27)29-24(26)30-20(18)31;22-20-25-14(23)13-15(26-20)27(8-24-13)16-12(28)5-11(36-16)7-35-21(18(31)32,19(33)34)6-9-1-3-10(4-2-9)17(29)30/h16-19,23,27-28,32H,15,20-22H2,1-14H3;5-8,12,16-17,21,33H,4,9-11H2,1-3H3,(H2,27,29,30);1-4,8,11-12,16,28H,5-7H2,(H,29,30)(H,31,32)(H,33,34)(H2,23,25,26)/t27-,28+,32+,41?;16-,17+,21+,25?;11-,12+,16+/m000/s1. The summed E-state index contributed by atoms with van der Waals surface area (Å²) in [5.41, 5.74) is 5.90. The Morgan fingerprint density at radius 3 is 1.16 bits per heavy atom. The van der Waals surface area contributed by atoms with Crippen molar-refractivity contribution in [2.45, 2.75) is 230 Å². The Labute approximate surface area is 788 Å². The van der Waals surface area contributed by atoms with Crippen LogP contribution in [0.25, 0.3) is 33.5 Å². The number of rotatable bonds is 32. The molecule has 9 aromatic rings. The van der Waals surface area contributed by atoms with E-state index in [4.69, 9.17) is 113 Å². The minimum absolute atomic E-state index is 0.00150. The minimum Gasteiger partial charge on any atom is -0.479 e. The number of aliphatic hydroxyl groups excluding tert-OH is 2. The Hall–Kier alpha value is -12.0. The van der Waals surface area contributed by atoms with Gasteiger partial charge in [-0.2, -0.15) is 34.8 Å². The molecule has 9 heterocycles. The van der Waals surface area contributed by atoms with E-state index < -0.39 is 170 Å². The number of methoxy groups -OCH3 is 2. The van der Waals surface area contributed by atoms with Crippen LogP contribution in [0.2, 0.25) is 34.0 Å². The number of aromatic nitrogens is 12. The number of esters is 4. The number of Topliss-reactive ketones (excluding diaryl/α,β-unsaturated/α-hetero) is 2. The van der Waals surface area contributed by atoms with Crippen molar-refractivity contribution < 1.29 is 140 Å². The highest BCUT2D eigenvalue weighted by molar-refractivity contribution is 6.74. The number of hydrogen-bond acceptors (Lipinski definition) is 37. The maximum absolute atomic E-state index is 13.7.